The Morgan fingerprint density at radius 2 is 2.09 bits per heavy atom. The van der Waals surface area contributed by atoms with E-state index in [1.165, 1.54) is 6.33 Å². The number of rotatable bonds is 0. The molecular weight excluding hydrogens is 164 g/mol. The second-order valence-electron chi connectivity index (χ2n) is 1.96. The van der Waals surface area contributed by atoms with Crippen molar-refractivity contribution in [1.82, 2.24) is 20.2 Å². The topological polar surface area (TPSA) is 51.6 Å². The Morgan fingerprint density at radius 3 is 3.00 bits per heavy atom. The predicted octanol–water partition coefficient (Wildman–Crippen LogP) is 1.07. The Hall–Kier alpha value is -1.29. The van der Waals surface area contributed by atoms with Gasteiger partial charge in [0.05, 0.1) is 6.20 Å². The second-order valence-corrected chi connectivity index (χ2v) is 2.34. The van der Waals surface area contributed by atoms with Gasteiger partial charge in [-0.3, -0.25) is 0 Å². The van der Waals surface area contributed by atoms with E-state index in [9.17, 15) is 0 Å². The standard InChI is InChI=1S/C6H3ClN4/c7-6-1-4-5(2-8-6)9-3-10-11-4/h1-3H. The van der Waals surface area contributed by atoms with Gasteiger partial charge in [0.15, 0.2) is 0 Å². The summed E-state index contributed by atoms with van der Waals surface area (Å²) in [6, 6.07) is 1.62. The number of fused-ring (bicyclic) bond motifs is 1. The van der Waals surface area contributed by atoms with Crippen LogP contribution in [0, 0.1) is 0 Å². The minimum Gasteiger partial charge on any atom is -0.242 e. The van der Waals surface area contributed by atoms with E-state index in [0.717, 1.165) is 0 Å². The third-order valence-electron chi connectivity index (χ3n) is 1.24. The van der Waals surface area contributed by atoms with E-state index in [1.54, 1.807) is 12.3 Å². The van der Waals surface area contributed by atoms with Gasteiger partial charge in [-0.05, 0) is 0 Å². The molecule has 0 atom stereocenters. The summed E-state index contributed by atoms with van der Waals surface area (Å²) >= 11 is 5.61. The average Bonchev–Trinajstić information content (AvgIpc) is 2.04. The molecule has 2 aromatic rings. The van der Waals surface area contributed by atoms with Crippen molar-refractivity contribution in [3.8, 4) is 0 Å². The highest BCUT2D eigenvalue weighted by Crippen LogP contribution is 2.09. The lowest BCUT2D eigenvalue weighted by Gasteiger charge is -1.91. The Balaban J connectivity index is 2.83. The Labute approximate surface area is 67.3 Å². The van der Waals surface area contributed by atoms with Gasteiger partial charge in [0.1, 0.15) is 22.5 Å². The molecule has 0 saturated heterocycles. The molecule has 0 aliphatic carbocycles. The van der Waals surface area contributed by atoms with Crippen molar-refractivity contribution in [2.75, 3.05) is 0 Å². The first kappa shape index (κ1) is 6.42. The Morgan fingerprint density at radius 1 is 1.18 bits per heavy atom. The van der Waals surface area contributed by atoms with Crippen LogP contribution >= 0.6 is 11.6 Å². The molecule has 0 N–H and O–H groups in total. The van der Waals surface area contributed by atoms with Crippen LogP contribution < -0.4 is 0 Å². The third kappa shape index (κ3) is 1.12. The molecule has 0 aliphatic rings. The molecule has 11 heavy (non-hydrogen) atoms. The molecule has 2 heterocycles. The fraction of sp³-hybridized carbons (Fsp3) is 0. The highest BCUT2D eigenvalue weighted by Gasteiger charge is 1.95. The highest BCUT2D eigenvalue weighted by molar-refractivity contribution is 6.29. The van der Waals surface area contributed by atoms with E-state index in [-0.39, 0.29) is 0 Å². The summed E-state index contributed by atoms with van der Waals surface area (Å²) in [5, 5.41) is 7.81. The van der Waals surface area contributed by atoms with Gasteiger partial charge in [-0.25, -0.2) is 9.97 Å². The molecule has 0 saturated carbocycles. The van der Waals surface area contributed by atoms with E-state index in [4.69, 9.17) is 11.6 Å². The highest BCUT2D eigenvalue weighted by atomic mass is 35.5. The lowest BCUT2D eigenvalue weighted by Crippen LogP contribution is -1.87. The fourth-order valence-electron chi connectivity index (χ4n) is 0.769. The van der Waals surface area contributed by atoms with Crippen molar-refractivity contribution in [3.05, 3.63) is 23.7 Å². The van der Waals surface area contributed by atoms with Gasteiger partial charge < -0.3 is 0 Å². The number of aromatic nitrogens is 4. The Kier molecular flexibility index (Phi) is 1.40. The third-order valence-corrected chi connectivity index (χ3v) is 1.45. The molecule has 0 spiro atoms. The van der Waals surface area contributed by atoms with E-state index >= 15 is 0 Å². The van der Waals surface area contributed by atoms with Gasteiger partial charge in [0.25, 0.3) is 0 Å². The van der Waals surface area contributed by atoms with Crippen molar-refractivity contribution >= 4 is 22.6 Å². The second kappa shape index (κ2) is 2.39. The number of pyridine rings is 1. The fourth-order valence-corrected chi connectivity index (χ4v) is 0.921. The van der Waals surface area contributed by atoms with Gasteiger partial charge in [-0.15, -0.1) is 10.2 Å². The van der Waals surface area contributed by atoms with Crippen molar-refractivity contribution in [2.45, 2.75) is 0 Å². The molecular formula is C6H3ClN4. The van der Waals surface area contributed by atoms with Crippen molar-refractivity contribution in [1.29, 1.82) is 0 Å². The van der Waals surface area contributed by atoms with E-state index in [0.29, 0.717) is 16.2 Å². The smallest absolute Gasteiger partial charge is 0.138 e. The minimum absolute atomic E-state index is 0.403. The zero-order chi connectivity index (χ0) is 7.68. The molecule has 0 aliphatic heterocycles. The van der Waals surface area contributed by atoms with Crippen molar-refractivity contribution < 1.29 is 0 Å². The number of halogens is 1. The molecule has 0 unspecified atom stereocenters. The molecule has 2 aromatic heterocycles. The molecule has 0 bridgehead atoms. The van der Waals surface area contributed by atoms with Crippen LogP contribution in [0.1, 0.15) is 0 Å². The summed E-state index contributed by atoms with van der Waals surface area (Å²) < 4.78 is 0. The summed E-state index contributed by atoms with van der Waals surface area (Å²) in [5.41, 5.74) is 1.36. The first-order chi connectivity index (χ1) is 5.36. The van der Waals surface area contributed by atoms with Crippen LogP contribution in [0.3, 0.4) is 0 Å². The van der Waals surface area contributed by atoms with Crippen LogP contribution in [0.5, 0.6) is 0 Å². The molecule has 0 amide bonds. The normalized spacial score (nSPS) is 10.3. The average molecular weight is 167 g/mol. The minimum atomic E-state index is 0.403. The quantitative estimate of drug-likeness (QED) is 0.550. The van der Waals surface area contributed by atoms with E-state index in [1.807, 2.05) is 0 Å². The van der Waals surface area contributed by atoms with Crippen LogP contribution in [0.25, 0.3) is 11.0 Å². The van der Waals surface area contributed by atoms with Gasteiger partial charge >= 0.3 is 0 Å². The van der Waals surface area contributed by atoms with Gasteiger partial charge in [0, 0.05) is 6.07 Å². The van der Waals surface area contributed by atoms with Crippen LogP contribution in [-0.2, 0) is 0 Å². The lowest BCUT2D eigenvalue weighted by atomic mass is 10.4. The molecule has 0 aromatic carbocycles. The van der Waals surface area contributed by atoms with Gasteiger partial charge in [-0.1, -0.05) is 11.6 Å². The maximum absolute atomic E-state index is 5.61. The van der Waals surface area contributed by atoms with Crippen LogP contribution in [0.15, 0.2) is 18.6 Å². The summed E-state index contributed by atoms with van der Waals surface area (Å²) in [4.78, 5) is 7.77. The predicted molar refractivity (Wildman–Crippen MR) is 40.1 cm³/mol. The molecule has 0 fully saturated rings. The number of hydrogen-bond donors (Lipinski definition) is 0. The van der Waals surface area contributed by atoms with Crippen LogP contribution in [0.2, 0.25) is 5.15 Å². The van der Waals surface area contributed by atoms with E-state index in [2.05, 4.69) is 20.2 Å². The van der Waals surface area contributed by atoms with Gasteiger partial charge in [0.2, 0.25) is 0 Å². The summed E-state index contributed by atoms with van der Waals surface area (Å²) in [6.07, 6.45) is 2.93. The number of nitrogens with zero attached hydrogens (tertiary/aromatic N) is 4. The maximum Gasteiger partial charge on any atom is 0.138 e. The van der Waals surface area contributed by atoms with Crippen molar-refractivity contribution in [3.63, 3.8) is 0 Å². The summed E-state index contributed by atoms with van der Waals surface area (Å²) in [6.45, 7) is 0. The maximum atomic E-state index is 5.61. The molecule has 54 valence electrons. The molecule has 5 heteroatoms. The van der Waals surface area contributed by atoms with Crippen LogP contribution in [-0.4, -0.2) is 20.2 Å². The molecule has 0 radical (unpaired) electrons. The SMILES string of the molecule is Clc1cc2nncnc2cn1. The summed E-state index contributed by atoms with van der Waals surface area (Å²) in [7, 11) is 0. The monoisotopic (exact) mass is 166 g/mol. The Bertz CT molecular complexity index is 389. The first-order valence-corrected chi connectivity index (χ1v) is 3.33. The molecule has 2 rings (SSSR count). The van der Waals surface area contributed by atoms with Crippen LogP contribution in [0.4, 0.5) is 0 Å². The number of hydrogen-bond acceptors (Lipinski definition) is 4. The lowest BCUT2D eigenvalue weighted by molar-refractivity contribution is 1.02. The zero-order valence-electron chi connectivity index (χ0n) is 5.40. The van der Waals surface area contributed by atoms with E-state index < -0.39 is 0 Å². The first-order valence-electron chi connectivity index (χ1n) is 2.95. The zero-order valence-corrected chi connectivity index (χ0v) is 6.15. The molecule has 4 nitrogen and oxygen atoms in total. The summed E-state index contributed by atoms with van der Waals surface area (Å²) in [5.74, 6) is 0. The largest absolute Gasteiger partial charge is 0.242 e. The van der Waals surface area contributed by atoms with Crippen molar-refractivity contribution in [2.24, 2.45) is 0 Å². The van der Waals surface area contributed by atoms with Gasteiger partial charge in [-0.2, -0.15) is 0 Å².